The topological polar surface area (TPSA) is 0 Å². The predicted octanol–water partition coefficient (Wildman–Crippen LogP) is 4.27. The molecule has 12 heavy (non-hydrogen) atoms. The maximum absolute atomic E-state index is 2.41. The fourth-order valence-corrected chi connectivity index (χ4v) is 2.91. The van der Waals surface area contributed by atoms with Crippen LogP contribution in [0.2, 0.25) is 0 Å². The zero-order valence-corrected chi connectivity index (χ0v) is 12.4. The molecule has 0 amide bonds. The summed E-state index contributed by atoms with van der Waals surface area (Å²) in [4.78, 5) is 1.27. The van der Waals surface area contributed by atoms with Crippen molar-refractivity contribution in [2.75, 3.05) is 0 Å². The van der Waals surface area contributed by atoms with Crippen molar-refractivity contribution in [2.45, 2.75) is 64.5 Å². The second-order valence-electron chi connectivity index (χ2n) is 3.62. The third-order valence-corrected chi connectivity index (χ3v) is 7.33. The molecule has 0 aliphatic carbocycles. The first-order chi connectivity index (χ1) is 5.81. The summed E-state index contributed by atoms with van der Waals surface area (Å²) in [5.41, 5.74) is 1.04. The molecule has 0 saturated heterocycles. The van der Waals surface area contributed by atoms with Gasteiger partial charge in [-0.1, -0.05) is 0 Å². The molecule has 2 heteroatoms. The Morgan fingerprint density at radius 1 is 1.08 bits per heavy atom. The predicted molar refractivity (Wildman–Crippen MR) is 55.8 cm³/mol. The van der Waals surface area contributed by atoms with Gasteiger partial charge in [-0.2, -0.15) is 0 Å². The molecule has 0 nitrogen and oxygen atoms in total. The molecule has 2 unspecified atom stereocenters. The van der Waals surface area contributed by atoms with Crippen molar-refractivity contribution < 1.29 is 30.3 Å². The van der Waals surface area contributed by atoms with Gasteiger partial charge in [0.2, 0.25) is 0 Å². The normalized spacial score (nSPS) is 14.1. The Morgan fingerprint density at radius 3 is 2.25 bits per heavy atom. The molecule has 0 aliphatic rings. The van der Waals surface area contributed by atoms with E-state index in [-0.39, 0.29) is 0 Å². The van der Waals surface area contributed by atoms with Crippen LogP contribution < -0.4 is 0 Å². The standard InChI is InChI=1S/C10H22P.Y/c1-3-4-5-6-7-8-9-10(2)11;/h10-11H,3-9H2,1-2H3;/q-1;+1. The SMILES string of the molecule is CCCCCCCCC(C)[PH][Y]. The van der Waals surface area contributed by atoms with Crippen LogP contribution in [0.25, 0.3) is 0 Å². The first-order valence-electron chi connectivity index (χ1n) is 5.27. The van der Waals surface area contributed by atoms with Crippen molar-refractivity contribution in [2.24, 2.45) is 0 Å². The molecule has 0 fully saturated rings. The number of hydrogen-bond acceptors (Lipinski definition) is 0. The molecule has 0 heterocycles. The van der Waals surface area contributed by atoms with E-state index < -0.39 is 0 Å². The van der Waals surface area contributed by atoms with Gasteiger partial charge in [-0.3, -0.25) is 0 Å². The number of unbranched alkanes of at least 4 members (excludes halogenated alkanes) is 5. The molecule has 0 aliphatic heterocycles. The summed E-state index contributed by atoms with van der Waals surface area (Å²) in [6.45, 7) is 4.69. The Morgan fingerprint density at radius 2 is 1.67 bits per heavy atom. The molecule has 0 aromatic heterocycles. The fourth-order valence-electron chi connectivity index (χ4n) is 1.31. The fraction of sp³-hybridized carbons (Fsp3) is 1.00. The van der Waals surface area contributed by atoms with Gasteiger partial charge in [-0.25, -0.2) is 0 Å². The van der Waals surface area contributed by atoms with Crippen molar-refractivity contribution in [1.29, 1.82) is 0 Å². The first-order valence-corrected chi connectivity index (χ1v) is 10.7. The average Bonchev–Trinajstić information content (AvgIpc) is 2.10. The van der Waals surface area contributed by atoms with Gasteiger partial charge in [-0.15, -0.1) is 0 Å². The third-order valence-electron chi connectivity index (χ3n) is 2.28. The van der Waals surface area contributed by atoms with Crippen molar-refractivity contribution in [3.8, 4) is 0 Å². The zero-order valence-electron chi connectivity index (χ0n) is 8.60. The van der Waals surface area contributed by atoms with Crippen LogP contribution in [-0.2, 0) is 30.3 Å². The summed E-state index contributed by atoms with van der Waals surface area (Å²) in [6.07, 6.45) is 10.2. The summed E-state index contributed by atoms with van der Waals surface area (Å²) < 4.78 is 0. The van der Waals surface area contributed by atoms with E-state index in [0.29, 0.717) is 0 Å². The maximum atomic E-state index is 2.41. The molecule has 0 bridgehead atoms. The van der Waals surface area contributed by atoms with Crippen molar-refractivity contribution in [3.05, 3.63) is 0 Å². The van der Waals surface area contributed by atoms with E-state index in [0.717, 1.165) is 5.66 Å². The molecule has 0 rings (SSSR count). The Bertz CT molecular complexity index is 85.9. The van der Waals surface area contributed by atoms with Crippen LogP contribution in [0.15, 0.2) is 0 Å². The van der Waals surface area contributed by atoms with Crippen molar-refractivity contribution in [3.63, 3.8) is 0 Å². The molecule has 0 N–H and O–H groups in total. The van der Waals surface area contributed by atoms with Gasteiger partial charge in [-0.05, 0) is 0 Å². The Balaban J connectivity index is 2.90. The van der Waals surface area contributed by atoms with Crippen LogP contribution >= 0.6 is 4.83 Å². The monoisotopic (exact) mass is 262 g/mol. The molecule has 0 aromatic carbocycles. The summed E-state index contributed by atoms with van der Waals surface area (Å²) in [5, 5.41) is 0. The average molecular weight is 262 g/mol. The van der Waals surface area contributed by atoms with Gasteiger partial charge in [0.15, 0.2) is 0 Å². The second-order valence-corrected chi connectivity index (χ2v) is 7.40. The van der Waals surface area contributed by atoms with E-state index in [2.05, 4.69) is 13.8 Å². The van der Waals surface area contributed by atoms with E-state index >= 15 is 0 Å². The summed E-state index contributed by atoms with van der Waals surface area (Å²) in [5.74, 6) is 0. The molecule has 0 spiro atoms. The quantitative estimate of drug-likeness (QED) is 0.452. The Hall–Kier alpha value is 1.53. The van der Waals surface area contributed by atoms with Crippen LogP contribution in [-0.4, -0.2) is 5.66 Å². The van der Waals surface area contributed by atoms with Crippen LogP contribution in [0.4, 0.5) is 0 Å². The molecule has 2 atom stereocenters. The Labute approximate surface area is 98.9 Å². The van der Waals surface area contributed by atoms with E-state index in [1.165, 1.54) is 80.1 Å². The van der Waals surface area contributed by atoms with Crippen molar-refractivity contribution in [1.82, 2.24) is 0 Å². The molecule has 0 aromatic rings. The van der Waals surface area contributed by atoms with Crippen molar-refractivity contribution >= 4 is 4.83 Å². The van der Waals surface area contributed by atoms with E-state index in [1.807, 2.05) is 0 Å². The number of hydrogen-bond donors (Lipinski definition) is 0. The molecular formula is C10H22PY. The van der Waals surface area contributed by atoms with E-state index in [9.17, 15) is 0 Å². The van der Waals surface area contributed by atoms with E-state index in [4.69, 9.17) is 0 Å². The van der Waals surface area contributed by atoms with Gasteiger partial charge < -0.3 is 0 Å². The van der Waals surface area contributed by atoms with Gasteiger partial charge in [0.25, 0.3) is 0 Å². The van der Waals surface area contributed by atoms with Crippen LogP contribution in [0.3, 0.4) is 0 Å². The minimum atomic E-state index is 1.04. The van der Waals surface area contributed by atoms with Gasteiger partial charge >= 0.3 is 99.6 Å². The summed E-state index contributed by atoms with van der Waals surface area (Å²) in [7, 11) is 0. The summed E-state index contributed by atoms with van der Waals surface area (Å²) in [6, 6.07) is 0. The second kappa shape index (κ2) is 10.6. The van der Waals surface area contributed by atoms with Crippen LogP contribution in [0, 0.1) is 0 Å². The van der Waals surface area contributed by atoms with Gasteiger partial charge in [0, 0.05) is 0 Å². The van der Waals surface area contributed by atoms with E-state index in [1.54, 1.807) is 0 Å². The van der Waals surface area contributed by atoms with Crippen LogP contribution in [0.1, 0.15) is 58.8 Å². The number of rotatable bonds is 8. The molecule has 0 radical (unpaired) electrons. The first kappa shape index (κ1) is 13.5. The molecule has 0 saturated carbocycles. The van der Waals surface area contributed by atoms with Gasteiger partial charge in [0.1, 0.15) is 0 Å². The zero-order chi connectivity index (χ0) is 9.23. The minimum absolute atomic E-state index is 1.04. The van der Waals surface area contributed by atoms with Crippen LogP contribution in [0.5, 0.6) is 0 Å². The summed E-state index contributed by atoms with van der Waals surface area (Å²) >= 11 is 1.48. The molecular weight excluding hydrogens is 240 g/mol. The third kappa shape index (κ3) is 9.62. The Kier molecular flexibility index (Phi) is 12.0. The van der Waals surface area contributed by atoms with Gasteiger partial charge in [0.05, 0.1) is 0 Å². The molecule has 70 valence electrons.